The van der Waals surface area contributed by atoms with Crippen LogP contribution >= 0.6 is 11.3 Å². The fourth-order valence-electron chi connectivity index (χ4n) is 5.01. The summed E-state index contributed by atoms with van der Waals surface area (Å²) in [7, 11) is 0. The van der Waals surface area contributed by atoms with E-state index in [1.807, 2.05) is 4.90 Å². The average Bonchev–Trinajstić information content (AvgIpc) is 3.50. The minimum atomic E-state index is -4.83. The van der Waals surface area contributed by atoms with E-state index in [1.165, 1.54) is 12.8 Å². The summed E-state index contributed by atoms with van der Waals surface area (Å²) in [6, 6.07) is 0.501. The zero-order valence-electron chi connectivity index (χ0n) is 18.8. The fourth-order valence-corrected chi connectivity index (χ4v) is 6.21. The van der Waals surface area contributed by atoms with Crippen LogP contribution in [0.3, 0.4) is 0 Å². The van der Waals surface area contributed by atoms with Crippen molar-refractivity contribution in [2.75, 3.05) is 18.0 Å². The van der Waals surface area contributed by atoms with E-state index in [0.29, 0.717) is 43.8 Å². The lowest BCUT2D eigenvalue weighted by molar-refractivity contribution is -0.383. The summed E-state index contributed by atoms with van der Waals surface area (Å²) >= 11 is 0.868. The number of piperidine rings is 1. The lowest BCUT2D eigenvalue weighted by Crippen LogP contribution is -2.34. The number of nitro benzene ring substituents is 1. The Morgan fingerprint density at radius 3 is 2.46 bits per heavy atom. The van der Waals surface area contributed by atoms with Crippen molar-refractivity contribution in [3.63, 3.8) is 0 Å². The predicted octanol–water partition coefficient (Wildman–Crippen LogP) is 5.32. The van der Waals surface area contributed by atoms with E-state index in [-0.39, 0.29) is 26.7 Å². The van der Waals surface area contributed by atoms with E-state index in [4.69, 9.17) is 4.52 Å². The highest BCUT2D eigenvalue weighted by atomic mass is 32.1. The number of nitro groups is 1. The van der Waals surface area contributed by atoms with Gasteiger partial charge >= 0.3 is 6.18 Å². The highest BCUT2D eigenvalue weighted by Crippen LogP contribution is 2.42. The van der Waals surface area contributed by atoms with Crippen LogP contribution in [-0.2, 0) is 6.18 Å². The second-order valence-corrected chi connectivity index (χ2v) is 10.0. The molecular weight excluding hydrogens is 487 g/mol. The monoisotopic (exact) mass is 509 g/mol. The number of nitrogens with zero attached hydrogens (tertiary/aromatic N) is 5. The van der Waals surface area contributed by atoms with E-state index >= 15 is 0 Å². The van der Waals surface area contributed by atoms with Crippen molar-refractivity contribution in [3.05, 3.63) is 49.4 Å². The van der Waals surface area contributed by atoms with Gasteiger partial charge in [-0.25, -0.2) is 0 Å². The SMILES string of the molecule is Cc1c(C(F)(F)F)cc([N+](=O)[O-])c2sc(N3CCC(c4nc(C5CCCC5)no4)CC3)nc(=O)c12. The molecule has 3 heterocycles. The summed E-state index contributed by atoms with van der Waals surface area (Å²) < 4.78 is 45.7. The second kappa shape index (κ2) is 8.85. The van der Waals surface area contributed by atoms with Gasteiger partial charge in [0.25, 0.3) is 11.2 Å². The third-order valence-corrected chi connectivity index (χ3v) is 8.07. The summed E-state index contributed by atoms with van der Waals surface area (Å²) in [5.74, 6) is 1.76. The molecule has 9 nitrogen and oxygen atoms in total. The first-order valence-electron chi connectivity index (χ1n) is 11.4. The Morgan fingerprint density at radius 1 is 1.14 bits per heavy atom. The highest BCUT2D eigenvalue weighted by Gasteiger charge is 2.37. The smallest absolute Gasteiger partial charge is 0.348 e. The molecule has 1 aliphatic carbocycles. The molecule has 0 spiro atoms. The van der Waals surface area contributed by atoms with Gasteiger partial charge in [0.2, 0.25) is 5.89 Å². The third-order valence-electron chi connectivity index (χ3n) is 6.92. The third kappa shape index (κ3) is 4.37. The van der Waals surface area contributed by atoms with Crippen LogP contribution in [0.2, 0.25) is 0 Å². The van der Waals surface area contributed by atoms with Gasteiger partial charge in [-0.15, -0.1) is 0 Å². The first kappa shape index (κ1) is 23.6. The number of non-ortho nitro benzene ring substituents is 1. The molecule has 1 aromatic carbocycles. The van der Waals surface area contributed by atoms with Gasteiger partial charge < -0.3 is 9.42 Å². The van der Waals surface area contributed by atoms with Crippen LogP contribution in [0.5, 0.6) is 0 Å². The van der Waals surface area contributed by atoms with Gasteiger partial charge in [-0.3, -0.25) is 14.9 Å². The van der Waals surface area contributed by atoms with Crippen LogP contribution in [-0.4, -0.2) is 33.1 Å². The van der Waals surface area contributed by atoms with Gasteiger partial charge in [0.1, 0.15) is 4.70 Å². The molecule has 2 aromatic heterocycles. The van der Waals surface area contributed by atoms with Gasteiger partial charge in [-0.1, -0.05) is 29.3 Å². The van der Waals surface area contributed by atoms with Gasteiger partial charge in [-0.2, -0.15) is 23.1 Å². The Balaban J connectivity index is 1.41. The van der Waals surface area contributed by atoms with Crippen molar-refractivity contribution in [2.45, 2.75) is 63.5 Å². The van der Waals surface area contributed by atoms with Crippen molar-refractivity contribution >= 4 is 32.2 Å². The number of fused-ring (bicyclic) bond motifs is 1. The zero-order chi connectivity index (χ0) is 24.9. The Morgan fingerprint density at radius 2 is 1.83 bits per heavy atom. The average molecular weight is 510 g/mol. The predicted molar refractivity (Wildman–Crippen MR) is 122 cm³/mol. The maximum atomic E-state index is 13.4. The molecule has 0 unspecified atom stereocenters. The Labute approximate surface area is 201 Å². The minimum Gasteiger partial charge on any atom is -0.348 e. The molecular formula is C22H22F3N5O4S. The summed E-state index contributed by atoms with van der Waals surface area (Å²) in [5, 5.41) is 15.6. The van der Waals surface area contributed by atoms with Gasteiger partial charge in [0, 0.05) is 31.0 Å². The van der Waals surface area contributed by atoms with Crippen molar-refractivity contribution in [2.24, 2.45) is 0 Å². The molecule has 2 aliphatic rings. The quantitative estimate of drug-likeness (QED) is 0.343. The number of alkyl halides is 3. The summed E-state index contributed by atoms with van der Waals surface area (Å²) in [5.41, 5.74) is -3.20. The number of aromatic nitrogens is 3. The second-order valence-electron chi connectivity index (χ2n) is 9.06. The van der Waals surface area contributed by atoms with E-state index in [2.05, 4.69) is 15.1 Å². The largest absolute Gasteiger partial charge is 0.416 e. The first-order chi connectivity index (χ1) is 16.6. The van der Waals surface area contributed by atoms with Crippen molar-refractivity contribution in [1.29, 1.82) is 0 Å². The molecule has 1 saturated carbocycles. The van der Waals surface area contributed by atoms with Crippen molar-refractivity contribution < 1.29 is 22.6 Å². The summed E-state index contributed by atoms with van der Waals surface area (Å²) in [4.78, 5) is 33.9. The molecule has 5 rings (SSSR count). The number of halogens is 3. The minimum absolute atomic E-state index is 0.0528. The number of rotatable bonds is 4. The van der Waals surface area contributed by atoms with Crippen molar-refractivity contribution in [1.82, 2.24) is 15.1 Å². The molecule has 35 heavy (non-hydrogen) atoms. The molecule has 3 aromatic rings. The number of anilines is 1. The maximum Gasteiger partial charge on any atom is 0.416 e. The number of aryl methyl sites for hydroxylation is 1. The molecule has 186 valence electrons. The number of benzene rings is 1. The van der Waals surface area contributed by atoms with E-state index in [1.54, 1.807) is 0 Å². The molecule has 0 radical (unpaired) electrons. The van der Waals surface area contributed by atoms with Crippen LogP contribution in [0.1, 0.15) is 73.2 Å². The van der Waals surface area contributed by atoms with Crippen LogP contribution in [0, 0.1) is 17.0 Å². The molecule has 0 bridgehead atoms. The van der Waals surface area contributed by atoms with Gasteiger partial charge in [-0.05, 0) is 38.2 Å². The number of hydrogen-bond acceptors (Lipinski definition) is 9. The highest BCUT2D eigenvalue weighted by molar-refractivity contribution is 7.22. The Bertz CT molecular complexity index is 1340. The summed E-state index contributed by atoms with van der Waals surface area (Å²) in [6.07, 6.45) is 0.961. The normalized spacial score (nSPS) is 18.0. The lowest BCUT2D eigenvalue weighted by atomic mass is 9.97. The van der Waals surface area contributed by atoms with Gasteiger partial charge in [0.15, 0.2) is 11.0 Å². The van der Waals surface area contributed by atoms with Crippen LogP contribution in [0.15, 0.2) is 15.4 Å². The zero-order valence-corrected chi connectivity index (χ0v) is 19.6. The first-order valence-corrected chi connectivity index (χ1v) is 12.2. The molecule has 1 saturated heterocycles. The molecule has 0 atom stereocenters. The van der Waals surface area contributed by atoms with E-state index in [0.717, 1.165) is 36.9 Å². The van der Waals surface area contributed by atoms with E-state index in [9.17, 15) is 28.1 Å². The van der Waals surface area contributed by atoms with Crippen LogP contribution in [0.25, 0.3) is 10.1 Å². The topological polar surface area (TPSA) is 115 Å². The lowest BCUT2D eigenvalue weighted by Gasteiger charge is -2.30. The number of hydrogen-bond donors (Lipinski definition) is 0. The maximum absolute atomic E-state index is 13.4. The Hall–Kier alpha value is -3.09. The molecule has 0 amide bonds. The standard InChI is InChI=1S/C22H22F3N5O4S/c1-11-14(22(23,24)25)10-15(30(32)33)17-16(11)19(31)27-21(35-17)29-8-6-13(7-9-29)20-26-18(28-34-20)12-4-2-3-5-12/h10,12-13H,2-9H2,1H3. The molecule has 2 fully saturated rings. The van der Waals surface area contributed by atoms with Crippen molar-refractivity contribution in [3.8, 4) is 0 Å². The van der Waals surface area contributed by atoms with E-state index < -0.39 is 27.9 Å². The molecule has 0 N–H and O–H groups in total. The molecule has 1 aliphatic heterocycles. The fraction of sp³-hybridized carbons (Fsp3) is 0.545. The van der Waals surface area contributed by atoms with Gasteiger partial charge in [0.05, 0.1) is 15.9 Å². The van der Waals surface area contributed by atoms with Crippen LogP contribution in [0.4, 0.5) is 24.0 Å². The molecule has 13 heteroatoms. The Kier molecular flexibility index (Phi) is 5.98. The van der Waals surface area contributed by atoms with Crippen LogP contribution < -0.4 is 10.5 Å². The summed E-state index contributed by atoms with van der Waals surface area (Å²) in [6.45, 7) is 2.13.